The normalized spacial score (nSPS) is 11.3. The summed E-state index contributed by atoms with van der Waals surface area (Å²) in [4.78, 5) is 25.6. The zero-order valence-electron chi connectivity index (χ0n) is 16.1. The summed E-state index contributed by atoms with van der Waals surface area (Å²) >= 11 is 4.04. The molecule has 2 aromatic carbocycles. The van der Waals surface area contributed by atoms with Gasteiger partial charge in [0.15, 0.2) is 5.13 Å². The molecule has 6 nitrogen and oxygen atoms in total. The second-order valence-corrected chi connectivity index (χ2v) is 9.49. The Morgan fingerprint density at radius 1 is 1.16 bits per heavy atom. The molecule has 1 amide bonds. The maximum atomic E-state index is 13.2. The number of fused-ring (bicyclic) bond motifs is 2. The first kappa shape index (κ1) is 20.0. The van der Waals surface area contributed by atoms with Gasteiger partial charge in [0.1, 0.15) is 33.1 Å². The number of hydrogen-bond acceptors (Lipinski definition) is 8. The molecule has 0 saturated carbocycles. The number of carbonyl (C=O) groups excluding carboxylic acids is 1. The molecule has 0 fully saturated rings. The second-order valence-electron chi connectivity index (χ2n) is 6.72. The van der Waals surface area contributed by atoms with Crippen LogP contribution in [0.1, 0.15) is 5.56 Å². The van der Waals surface area contributed by atoms with E-state index in [1.54, 1.807) is 12.1 Å². The van der Waals surface area contributed by atoms with Gasteiger partial charge in [0.05, 0.1) is 16.0 Å². The molecule has 5 aromatic rings. The zero-order valence-corrected chi connectivity index (χ0v) is 18.6. The number of thioether (sulfide) groups is 1. The summed E-state index contributed by atoms with van der Waals surface area (Å²) in [5.41, 5.74) is 4.16. The molecule has 154 valence electrons. The minimum atomic E-state index is -0.302. The van der Waals surface area contributed by atoms with E-state index in [0.29, 0.717) is 21.4 Å². The van der Waals surface area contributed by atoms with Crippen LogP contribution >= 0.6 is 34.6 Å². The summed E-state index contributed by atoms with van der Waals surface area (Å²) in [5.74, 6) is -0.274. The van der Waals surface area contributed by atoms with Crippen LogP contribution in [-0.4, -0.2) is 31.0 Å². The van der Waals surface area contributed by atoms with Crippen molar-refractivity contribution in [3.63, 3.8) is 0 Å². The predicted molar refractivity (Wildman–Crippen MR) is 124 cm³/mol. The Balaban J connectivity index is 1.32. The van der Waals surface area contributed by atoms with E-state index in [1.807, 2.05) is 25.1 Å². The first-order chi connectivity index (χ1) is 15.1. The lowest BCUT2D eigenvalue weighted by Crippen LogP contribution is -2.13. The van der Waals surface area contributed by atoms with Crippen LogP contribution in [0.25, 0.3) is 31.7 Å². The standard InChI is InChI=1S/C21H14FN5OS3/c1-11-2-7-15-14(8-11)25-21(30-15)26-16(28)9-29-20-19-18(23-10-24-20)17(27-31-19)12-3-5-13(22)6-4-12/h2-8,10H,9H2,1H3,(H,25,26,28). The van der Waals surface area contributed by atoms with Gasteiger partial charge in [-0.15, -0.1) is 0 Å². The lowest BCUT2D eigenvalue weighted by Gasteiger charge is -2.02. The number of amides is 1. The highest BCUT2D eigenvalue weighted by molar-refractivity contribution is 8.00. The van der Waals surface area contributed by atoms with Gasteiger partial charge < -0.3 is 5.32 Å². The van der Waals surface area contributed by atoms with Crippen molar-refractivity contribution in [3.8, 4) is 11.3 Å². The van der Waals surface area contributed by atoms with Gasteiger partial charge in [-0.1, -0.05) is 29.2 Å². The van der Waals surface area contributed by atoms with Crippen molar-refractivity contribution in [2.24, 2.45) is 0 Å². The van der Waals surface area contributed by atoms with Gasteiger partial charge >= 0.3 is 0 Å². The van der Waals surface area contributed by atoms with Crippen molar-refractivity contribution in [2.45, 2.75) is 11.9 Å². The second kappa shape index (κ2) is 8.29. The first-order valence-corrected chi connectivity index (χ1v) is 11.8. The van der Waals surface area contributed by atoms with E-state index in [0.717, 1.165) is 26.0 Å². The van der Waals surface area contributed by atoms with Gasteiger partial charge in [0, 0.05) is 5.56 Å². The van der Waals surface area contributed by atoms with Gasteiger partial charge in [-0.05, 0) is 60.4 Å². The maximum absolute atomic E-state index is 13.2. The summed E-state index contributed by atoms with van der Waals surface area (Å²) < 4.78 is 19.5. The van der Waals surface area contributed by atoms with Crippen LogP contribution in [0, 0.1) is 12.7 Å². The number of aryl methyl sites for hydroxylation is 1. The molecule has 1 N–H and O–H groups in total. The predicted octanol–water partition coefficient (Wildman–Crippen LogP) is 5.54. The number of rotatable bonds is 5. The SMILES string of the molecule is Cc1ccc2sc(NC(=O)CSc3ncnc4c(-c5ccc(F)cc5)nsc34)nc2c1. The molecule has 0 radical (unpaired) electrons. The highest BCUT2D eigenvalue weighted by atomic mass is 32.2. The Kier molecular flexibility index (Phi) is 5.34. The van der Waals surface area contributed by atoms with Gasteiger partial charge in [-0.3, -0.25) is 4.79 Å². The van der Waals surface area contributed by atoms with E-state index in [-0.39, 0.29) is 17.5 Å². The van der Waals surface area contributed by atoms with E-state index in [1.165, 1.54) is 53.1 Å². The molecule has 31 heavy (non-hydrogen) atoms. The van der Waals surface area contributed by atoms with Gasteiger partial charge in [0.2, 0.25) is 5.91 Å². The van der Waals surface area contributed by atoms with Gasteiger partial charge in [-0.25, -0.2) is 19.3 Å². The quantitative estimate of drug-likeness (QED) is 0.270. The topological polar surface area (TPSA) is 80.7 Å². The van der Waals surface area contributed by atoms with Crippen molar-refractivity contribution < 1.29 is 9.18 Å². The van der Waals surface area contributed by atoms with Crippen LogP contribution in [0.5, 0.6) is 0 Å². The lowest BCUT2D eigenvalue weighted by atomic mass is 10.1. The Morgan fingerprint density at radius 2 is 2.00 bits per heavy atom. The number of benzene rings is 2. The molecule has 10 heteroatoms. The number of nitrogens with zero attached hydrogens (tertiary/aromatic N) is 4. The summed E-state index contributed by atoms with van der Waals surface area (Å²) in [6.45, 7) is 2.01. The summed E-state index contributed by atoms with van der Waals surface area (Å²) in [7, 11) is 0. The minimum absolute atomic E-state index is 0.157. The number of anilines is 1. The minimum Gasteiger partial charge on any atom is -0.301 e. The molecule has 0 spiro atoms. The molecular weight excluding hydrogens is 453 g/mol. The Bertz CT molecular complexity index is 1410. The van der Waals surface area contributed by atoms with Crippen molar-refractivity contribution in [1.82, 2.24) is 19.3 Å². The molecule has 0 saturated heterocycles. The van der Waals surface area contributed by atoms with Gasteiger partial charge in [0.25, 0.3) is 0 Å². The molecule has 5 rings (SSSR count). The molecule has 0 aliphatic heterocycles. The Labute approximate surface area is 188 Å². The smallest absolute Gasteiger partial charge is 0.236 e. The van der Waals surface area contributed by atoms with Gasteiger partial charge in [-0.2, -0.15) is 4.37 Å². The van der Waals surface area contributed by atoms with Crippen LogP contribution in [0.4, 0.5) is 9.52 Å². The molecule has 3 aromatic heterocycles. The molecular formula is C21H14FN5OS3. The fourth-order valence-electron chi connectivity index (χ4n) is 3.02. The molecule has 3 heterocycles. The van der Waals surface area contributed by atoms with Crippen LogP contribution < -0.4 is 5.32 Å². The monoisotopic (exact) mass is 467 g/mol. The molecule has 0 bridgehead atoms. The van der Waals surface area contributed by atoms with E-state index < -0.39 is 0 Å². The zero-order chi connectivity index (χ0) is 21.4. The summed E-state index contributed by atoms with van der Waals surface area (Å²) in [6, 6.07) is 12.2. The highest BCUT2D eigenvalue weighted by Crippen LogP contribution is 2.34. The maximum Gasteiger partial charge on any atom is 0.236 e. The highest BCUT2D eigenvalue weighted by Gasteiger charge is 2.16. The number of halogens is 1. The number of carbonyl (C=O) groups is 1. The van der Waals surface area contributed by atoms with E-state index in [2.05, 4.69) is 24.6 Å². The van der Waals surface area contributed by atoms with Crippen molar-refractivity contribution in [2.75, 3.05) is 11.1 Å². The van der Waals surface area contributed by atoms with Crippen LogP contribution in [0.15, 0.2) is 53.8 Å². The number of hydrogen-bond donors (Lipinski definition) is 1. The fraction of sp³-hybridized carbons (Fsp3) is 0.0952. The summed E-state index contributed by atoms with van der Waals surface area (Å²) in [6.07, 6.45) is 1.46. The van der Waals surface area contributed by atoms with Crippen LogP contribution in [0.2, 0.25) is 0 Å². The molecule has 0 atom stereocenters. The fourth-order valence-corrected chi connectivity index (χ4v) is 5.60. The number of nitrogens with one attached hydrogen (secondary N) is 1. The first-order valence-electron chi connectivity index (χ1n) is 9.23. The average molecular weight is 468 g/mol. The third-order valence-electron chi connectivity index (χ3n) is 4.47. The van der Waals surface area contributed by atoms with Crippen molar-refractivity contribution >= 4 is 66.1 Å². The molecule has 0 aliphatic rings. The summed E-state index contributed by atoms with van der Waals surface area (Å²) in [5, 5.41) is 4.13. The third-order valence-corrected chi connectivity index (χ3v) is 7.38. The average Bonchev–Trinajstić information content (AvgIpc) is 3.36. The van der Waals surface area contributed by atoms with Crippen LogP contribution in [0.3, 0.4) is 0 Å². The van der Waals surface area contributed by atoms with E-state index >= 15 is 0 Å². The van der Waals surface area contributed by atoms with Crippen LogP contribution in [-0.2, 0) is 4.79 Å². The number of aromatic nitrogens is 4. The molecule has 0 aliphatic carbocycles. The lowest BCUT2D eigenvalue weighted by molar-refractivity contribution is -0.113. The van der Waals surface area contributed by atoms with E-state index in [4.69, 9.17) is 0 Å². The number of thiazole rings is 1. The van der Waals surface area contributed by atoms with E-state index in [9.17, 15) is 9.18 Å². The molecule has 0 unspecified atom stereocenters. The Morgan fingerprint density at radius 3 is 2.84 bits per heavy atom. The Hall–Kier alpha value is -2.95. The third kappa shape index (κ3) is 4.14. The van der Waals surface area contributed by atoms with Crippen molar-refractivity contribution in [1.29, 1.82) is 0 Å². The largest absolute Gasteiger partial charge is 0.301 e. The van der Waals surface area contributed by atoms with Crippen molar-refractivity contribution in [3.05, 3.63) is 60.2 Å².